The van der Waals surface area contributed by atoms with E-state index in [4.69, 9.17) is 15.6 Å². The Morgan fingerprint density at radius 3 is 2.86 bits per heavy atom. The molecule has 0 saturated carbocycles. The van der Waals surface area contributed by atoms with Gasteiger partial charge in [-0.15, -0.1) is 0 Å². The van der Waals surface area contributed by atoms with E-state index < -0.39 is 22.8 Å². The van der Waals surface area contributed by atoms with E-state index in [0.29, 0.717) is 6.61 Å². The first-order valence-electron chi connectivity index (χ1n) is 4.49. The average molecular weight is 221 g/mol. The van der Waals surface area contributed by atoms with Gasteiger partial charge in [-0.25, -0.2) is 0 Å². The van der Waals surface area contributed by atoms with Crippen molar-refractivity contribution < 1.29 is 18.8 Å². The average Bonchev–Trinajstić information content (AvgIpc) is 2.51. The Labute approximate surface area is 85.1 Å². The normalized spacial score (nSPS) is 31.3. The van der Waals surface area contributed by atoms with Crippen LogP contribution in [0.4, 0.5) is 0 Å². The number of hydrogen-bond acceptors (Lipinski definition) is 4. The Bertz CT molecular complexity index is 245. The van der Waals surface area contributed by atoms with Gasteiger partial charge in [0, 0.05) is 23.2 Å². The van der Waals surface area contributed by atoms with Gasteiger partial charge in [0.05, 0.1) is 11.4 Å². The van der Waals surface area contributed by atoms with Gasteiger partial charge in [-0.1, -0.05) is 0 Å². The lowest BCUT2D eigenvalue weighted by Crippen LogP contribution is -2.39. The predicted octanol–water partition coefficient (Wildman–Crippen LogP) is -0.676. The molecule has 1 aliphatic rings. The highest BCUT2D eigenvalue weighted by atomic mass is 32.2. The largest absolute Gasteiger partial charge is 0.480 e. The van der Waals surface area contributed by atoms with E-state index >= 15 is 0 Å². The molecule has 5 nitrogen and oxygen atoms in total. The molecule has 3 N–H and O–H groups in total. The molecule has 1 fully saturated rings. The fourth-order valence-corrected chi connectivity index (χ4v) is 3.04. The minimum atomic E-state index is -1.21. The summed E-state index contributed by atoms with van der Waals surface area (Å²) in [7, 11) is -1.21. The monoisotopic (exact) mass is 221 g/mol. The lowest BCUT2D eigenvalue weighted by atomic mass is 10.3. The van der Waals surface area contributed by atoms with E-state index in [1.807, 2.05) is 6.92 Å². The molecular weight excluding hydrogens is 206 g/mol. The molecule has 1 heterocycles. The van der Waals surface area contributed by atoms with E-state index in [9.17, 15) is 9.00 Å². The maximum atomic E-state index is 11.7. The number of aliphatic carboxylic acids is 1. The highest BCUT2D eigenvalue weighted by Gasteiger charge is 2.31. The lowest BCUT2D eigenvalue weighted by molar-refractivity contribution is -0.137. The van der Waals surface area contributed by atoms with Crippen molar-refractivity contribution >= 4 is 16.8 Å². The van der Waals surface area contributed by atoms with Crippen LogP contribution in [0.25, 0.3) is 0 Å². The molecule has 0 aliphatic carbocycles. The fraction of sp³-hybridized carbons (Fsp3) is 0.875. The Kier molecular flexibility index (Phi) is 4.03. The van der Waals surface area contributed by atoms with Crippen molar-refractivity contribution in [2.45, 2.75) is 30.7 Å². The summed E-state index contributed by atoms with van der Waals surface area (Å²) in [6, 6.07) is -1.04. The molecule has 4 unspecified atom stereocenters. The fourth-order valence-electron chi connectivity index (χ4n) is 1.43. The third-order valence-corrected chi connectivity index (χ3v) is 4.29. The van der Waals surface area contributed by atoms with Gasteiger partial charge >= 0.3 is 5.97 Å². The van der Waals surface area contributed by atoms with Crippen LogP contribution in [0.5, 0.6) is 0 Å². The van der Waals surface area contributed by atoms with Gasteiger partial charge in [0.2, 0.25) is 0 Å². The first kappa shape index (κ1) is 11.6. The Hall–Kier alpha value is -0.460. The highest BCUT2D eigenvalue weighted by Crippen LogP contribution is 2.18. The van der Waals surface area contributed by atoms with E-state index in [0.717, 1.165) is 6.42 Å². The van der Waals surface area contributed by atoms with E-state index in [1.54, 1.807) is 0 Å². The van der Waals surface area contributed by atoms with Gasteiger partial charge in [0.1, 0.15) is 6.04 Å². The van der Waals surface area contributed by atoms with Crippen molar-refractivity contribution in [1.82, 2.24) is 0 Å². The van der Waals surface area contributed by atoms with E-state index in [1.165, 1.54) is 0 Å². The van der Waals surface area contributed by atoms with Crippen molar-refractivity contribution in [1.29, 1.82) is 0 Å². The summed E-state index contributed by atoms with van der Waals surface area (Å²) in [6.07, 6.45) is 0.664. The van der Waals surface area contributed by atoms with E-state index in [2.05, 4.69) is 0 Å². The number of nitrogens with two attached hydrogens (primary N) is 1. The molecular formula is C8H15NO4S. The van der Waals surface area contributed by atoms with Crippen molar-refractivity contribution in [3.05, 3.63) is 0 Å². The van der Waals surface area contributed by atoms with Crippen molar-refractivity contribution in [3.63, 3.8) is 0 Å². The van der Waals surface area contributed by atoms with Crippen LogP contribution in [-0.2, 0) is 20.3 Å². The van der Waals surface area contributed by atoms with Gasteiger partial charge in [0.25, 0.3) is 0 Å². The van der Waals surface area contributed by atoms with Gasteiger partial charge in [-0.3, -0.25) is 9.00 Å². The second kappa shape index (κ2) is 4.86. The summed E-state index contributed by atoms with van der Waals surface area (Å²) < 4.78 is 16.9. The second-order valence-corrected chi connectivity index (χ2v) is 5.10. The molecule has 82 valence electrons. The van der Waals surface area contributed by atoms with Crippen LogP contribution in [0.15, 0.2) is 0 Å². The smallest absolute Gasteiger partial charge is 0.321 e. The van der Waals surface area contributed by atoms with Gasteiger partial charge in [0.15, 0.2) is 0 Å². The molecule has 1 rings (SSSR count). The van der Waals surface area contributed by atoms with Crippen LogP contribution in [0, 0.1) is 0 Å². The number of hydrogen-bond donors (Lipinski definition) is 2. The summed E-state index contributed by atoms with van der Waals surface area (Å²) in [6.45, 7) is 2.45. The lowest BCUT2D eigenvalue weighted by Gasteiger charge is -2.14. The Balaban J connectivity index is 2.45. The number of carbonyl (C=O) groups is 1. The van der Waals surface area contributed by atoms with Crippen LogP contribution in [0.1, 0.15) is 13.3 Å². The first-order valence-corrected chi connectivity index (χ1v) is 5.87. The summed E-state index contributed by atoms with van der Waals surface area (Å²) in [5.41, 5.74) is 5.30. The Morgan fingerprint density at radius 1 is 1.79 bits per heavy atom. The van der Waals surface area contributed by atoms with Crippen molar-refractivity contribution in [3.8, 4) is 0 Å². The highest BCUT2D eigenvalue weighted by molar-refractivity contribution is 7.85. The standard InChI is InChI=1S/C8H15NO4S/c1-5-7(2-3-13-5)14(12)4-6(9)8(10)11/h5-7H,2-4,9H2,1H3,(H,10,11). The summed E-state index contributed by atoms with van der Waals surface area (Å²) in [5.74, 6) is -1.10. The minimum Gasteiger partial charge on any atom is -0.480 e. The second-order valence-electron chi connectivity index (χ2n) is 3.40. The third kappa shape index (κ3) is 2.76. The third-order valence-electron chi connectivity index (χ3n) is 2.31. The zero-order valence-electron chi connectivity index (χ0n) is 8.01. The molecule has 0 radical (unpaired) electrons. The van der Waals surface area contributed by atoms with Crippen molar-refractivity contribution in [2.24, 2.45) is 5.73 Å². The van der Waals surface area contributed by atoms with Gasteiger partial charge in [-0.2, -0.15) is 0 Å². The maximum absolute atomic E-state index is 11.7. The molecule has 0 spiro atoms. The van der Waals surface area contributed by atoms with Gasteiger partial charge in [-0.05, 0) is 13.3 Å². The van der Waals surface area contributed by atoms with Gasteiger partial charge < -0.3 is 15.6 Å². The SMILES string of the molecule is CC1OCCC1S(=O)CC(N)C(=O)O. The molecule has 0 aromatic rings. The van der Waals surface area contributed by atoms with Crippen LogP contribution < -0.4 is 5.73 Å². The molecule has 14 heavy (non-hydrogen) atoms. The zero-order valence-corrected chi connectivity index (χ0v) is 8.83. The molecule has 4 atom stereocenters. The molecule has 0 bridgehead atoms. The number of ether oxygens (including phenoxy) is 1. The first-order chi connectivity index (χ1) is 6.52. The number of carboxylic acid groups (broad SMARTS) is 1. The minimum absolute atomic E-state index is 0.00764. The topological polar surface area (TPSA) is 89.6 Å². The molecule has 1 saturated heterocycles. The molecule has 1 aliphatic heterocycles. The molecule has 6 heteroatoms. The van der Waals surface area contributed by atoms with Crippen LogP contribution in [-0.4, -0.2) is 45.0 Å². The Morgan fingerprint density at radius 2 is 2.43 bits per heavy atom. The zero-order chi connectivity index (χ0) is 10.7. The van der Waals surface area contributed by atoms with Crippen LogP contribution in [0.3, 0.4) is 0 Å². The maximum Gasteiger partial charge on any atom is 0.321 e. The number of carboxylic acids is 1. The quantitative estimate of drug-likeness (QED) is 0.656. The van der Waals surface area contributed by atoms with E-state index in [-0.39, 0.29) is 17.1 Å². The molecule has 0 amide bonds. The van der Waals surface area contributed by atoms with Crippen LogP contribution in [0.2, 0.25) is 0 Å². The molecule has 0 aromatic heterocycles. The summed E-state index contributed by atoms with van der Waals surface area (Å²) in [4.78, 5) is 10.4. The predicted molar refractivity (Wildman–Crippen MR) is 52.4 cm³/mol. The summed E-state index contributed by atoms with van der Waals surface area (Å²) in [5, 5.41) is 8.48. The van der Waals surface area contributed by atoms with Crippen LogP contribution >= 0.6 is 0 Å². The van der Waals surface area contributed by atoms with Crippen molar-refractivity contribution in [2.75, 3.05) is 12.4 Å². The summed E-state index contributed by atoms with van der Waals surface area (Å²) >= 11 is 0. The molecule has 0 aromatic carbocycles. The number of rotatable bonds is 4.